The fourth-order valence-electron chi connectivity index (χ4n) is 3.40. The van der Waals surface area contributed by atoms with Crippen molar-refractivity contribution in [3.8, 4) is 11.5 Å². The van der Waals surface area contributed by atoms with Crippen LogP contribution in [0.1, 0.15) is 44.1 Å². The molecule has 1 aromatic carbocycles. The molecule has 24 heavy (non-hydrogen) atoms. The molecule has 1 heterocycles. The average Bonchev–Trinajstić information content (AvgIpc) is 3.41. The van der Waals surface area contributed by atoms with Gasteiger partial charge in [-0.05, 0) is 56.5 Å². The van der Waals surface area contributed by atoms with E-state index in [1.165, 1.54) is 25.7 Å². The van der Waals surface area contributed by atoms with Crippen LogP contribution >= 0.6 is 0 Å². The van der Waals surface area contributed by atoms with Crippen molar-refractivity contribution in [3.63, 3.8) is 0 Å². The number of aromatic hydroxyl groups is 1. The number of carbonyl (C=O) groups is 1. The van der Waals surface area contributed by atoms with Crippen LogP contribution in [0.15, 0.2) is 18.2 Å². The standard InChI is InChI=1S/C19H28N2O3/c1-24-18-12-15(6-9-17(18)22)13-21(16-7-8-16)19(23)14-20-10-4-2-3-5-11-20/h6,9,12,16,22H,2-5,7-8,10-11,13-14H2,1H3. The quantitative estimate of drug-likeness (QED) is 0.870. The molecule has 1 amide bonds. The molecule has 132 valence electrons. The van der Waals surface area contributed by atoms with Gasteiger partial charge in [0.25, 0.3) is 0 Å². The maximum Gasteiger partial charge on any atom is 0.237 e. The summed E-state index contributed by atoms with van der Waals surface area (Å²) >= 11 is 0. The maximum absolute atomic E-state index is 12.8. The number of likely N-dealkylation sites (tertiary alicyclic amines) is 1. The van der Waals surface area contributed by atoms with Gasteiger partial charge in [0.2, 0.25) is 5.91 Å². The predicted octanol–water partition coefficient (Wildman–Crippen LogP) is 2.77. The molecule has 1 aliphatic carbocycles. The fraction of sp³-hybridized carbons (Fsp3) is 0.632. The summed E-state index contributed by atoms with van der Waals surface area (Å²) in [6.45, 7) is 3.20. The number of phenols is 1. The molecule has 0 bridgehead atoms. The first-order valence-corrected chi connectivity index (χ1v) is 9.05. The zero-order valence-electron chi connectivity index (χ0n) is 14.5. The van der Waals surface area contributed by atoms with Gasteiger partial charge in [0.15, 0.2) is 11.5 Å². The minimum absolute atomic E-state index is 0.134. The number of benzene rings is 1. The number of amides is 1. The van der Waals surface area contributed by atoms with E-state index in [1.807, 2.05) is 17.0 Å². The Bertz CT molecular complexity index is 564. The average molecular weight is 332 g/mol. The van der Waals surface area contributed by atoms with E-state index >= 15 is 0 Å². The van der Waals surface area contributed by atoms with Crippen molar-refractivity contribution in [2.45, 2.75) is 51.1 Å². The van der Waals surface area contributed by atoms with Crippen LogP contribution in [0.25, 0.3) is 0 Å². The molecule has 2 fully saturated rings. The Balaban J connectivity index is 1.64. The van der Waals surface area contributed by atoms with E-state index in [-0.39, 0.29) is 11.7 Å². The molecule has 0 radical (unpaired) electrons. The number of rotatable bonds is 6. The van der Waals surface area contributed by atoms with E-state index in [9.17, 15) is 9.90 Å². The topological polar surface area (TPSA) is 53.0 Å². The van der Waals surface area contributed by atoms with E-state index in [0.29, 0.717) is 24.9 Å². The Morgan fingerprint density at radius 3 is 2.58 bits per heavy atom. The highest BCUT2D eigenvalue weighted by Gasteiger charge is 2.33. The normalized spacial score (nSPS) is 18.9. The van der Waals surface area contributed by atoms with Crippen LogP contribution in [0.4, 0.5) is 0 Å². The summed E-state index contributed by atoms with van der Waals surface area (Å²) in [6.07, 6.45) is 7.16. The van der Waals surface area contributed by atoms with Crippen LogP contribution in [0.2, 0.25) is 0 Å². The van der Waals surface area contributed by atoms with Crippen molar-refractivity contribution >= 4 is 5.91 Å². The Labute approximate surface area is 144 Å². The summed E-state index contributed by atoms with van der Waals surface area (Å²) in [7, 11) is 1.54. The molecule has 1 saturated heterocycles. The van der Waals surface area contributed by atoms with Gasteiger partial charge < -0.3 is 14.7 Å². The van der Waals surface area contributed by atoms with Crippen LogP contribution in [-0.2, 0) is 11.3 Å². The van der Waals surface area contributed by atoms with Crippen molar-refractivity contribution < 1.29 is 14.6 Å². The van der Waals surface area contributed by atoms with Crippen molar-refractivity contribution in [2.75, 3.05) is 26.7 Å². The highest BCUT2D eigenvalue weighted by molar-refractivity contribution is 5.79. The van der Waals surface area contributed by atoms with Gasteiger partial charge in [-0.2, -0.15) is 0 Å². The largest absolute Gasteiger partial charge is 0.504 e. The summed E-state index contributed by atoms with van der Waals surface area (Å²) in [5.41, 5.74) is 1.00. The predicted molar refractivity (Wildman–Crippen MR) is 93.1 cm³/mol. The number of methoxy groups -OCH3 is 1. The lowest BCUT2D eigenvalue weighted by Gasteiger charge is -2.27. The lowest BCUT2D eigenvalue weighted by atomic mass is 10.2. The Morgan fingerprint density at radius 2 is 1.96 bits per heavy atom. The second-order valence-electron chi connectivity index (χ2n) is 6.95. The van der Waals surface area contributed by atoms with Gasteiger partial charge in [-0.15, -0.1) is 0 Å². The van der Waals surface area contributed by atoms with Gasteiger partial charge in [0, 0.05) is 12.6 Å². The molecule has 5 nitrogen and oxygen atoms in total. The smallest absolute Gasteiger partial charge is 0.237 e. The summed E-state index contributed by atoms with van der Waals surface area (Å²) in [5.74, 6) is 0.824. The lowest BCUT2D eigenvalue weighted by Crippen LogP contribution is -2.41. The fourth-order valence-corrected chi connectivity index (χ4v) is 3.40. The Hall–Kier alpha value is -1.75. The molecule has 0 unspecified atom stereocenters. The molecule has 5 heteroatoms. The Kier molecular flexibility index (Phi) is 5.61. The first kappa shape index (κ1) is 17.1. The van der Waals surface area contributed by atoms with Gasteiger partial charge in [0.1, 0.15) is 0 Å². The molecule has 1 N–H and O–H groups in total. The van der Waals surface area contributed by atoms with Gasteiger partial charge in [-0.3, -0.25) is 9.69 Å². The number of nitrogens with zero attached hydrogens (tertiary/aromatic N) is 2. The van der Waals surface area contributed by atoms with Crippen LogP contribution in [0.3, 0.4) is 0 Å². The zero-order valence-corrected chi connectivity index (χ0v) is 14.5. The number of hydrogen-bond acceptors (Lipinski definition) is 4. The summed E-state index contributed by atoms with van der Waals surface area (Å²) in [5, 5.41) is 9.73. The van der Waals surface area contributed by atoms with E-state index < -0.39 is 0 Å². The number of carbonyl (C=O) groups excluding carboxylic acids is 1. The van der Waals surface area contributed by atoms with E-state index in [0.717, 1.165) is 31.5 Å². The SMILES string of the molecule is COc1cc(CN(C(=O)CN2CCCCCC2)C2CC2)ccc1O. The van der Waals surface area contributed by atoms with Crippen molar-refractivity contribution in [1.29, 1.82) is 0 Å². The molecular formula is C19H28N2O3. The molecule has 2 aliphatic rings. The summed E-state index contributed by atoms with van der Waals surface area (Å²) in [4.78, 5) is 17.2. The third-order valence-electron chi connectivity index (χ3n) is 4.96. The third-order valence-corrected chi connectivity index (χ3v) is 4.96. The van der Waals surface area contributed by atoms with Gasteiger partial charge >= 0.3 is 0 Å². The molecule has 0 atom stereocenters. The lowest BCUT2D eigenvalue weighted by molar-refractivity contribution is -0.133. The number of hydrogen-bond donors (Lipinski definition) is 1. The van der Waals surface area contributed by atoms with Crippen LogP contribution in [0, 0.1) is 0 Å². The monoisotopic (exact) mass is 332 g/mol. The first-order valence-electron chi connectivity index (χ1n) is 9.05. The van der Waals surface area contributed by atoms with E-state index in [4.69, 9.17) is 4.74 Å². The van der Waals surface area contributed by atoms with E-state index in [1.54, 1.807) is 13.2 Å². The van der Waals surface area contributed by atoms with Crippen LogP contribution in [-0.4, -0.2) is 53.6 Å². The highest BCUT2D eigenvalue weighted by atomic mass is 16.5. The molecule has 0 spiro atoms. The van der Waals surface area contributed by atoms with Crippen LogP contribution < -0.4 is 4.74 Å². The van der Waals surface area contributed by atoms with Gasteiger partial charge in [-0.25, -0.2) is 0 Å². The second kappa shape index (κ2) is 7.88. The second-order valence-corrected chi connectivity index (χ2v) is 6.95. The minimum Gasteiger partial charge on any atom is -0.504 e. The van der Waals surface area contributed by atoms with Crippen LogP contribution in [0.5, 0.6) is 11.5 Å². The summed E-state index contributed by atoms with van der Waals surface area (Å²) < 4.78 is 5.18. The maximum atomic E-state index is 12.8. The first-order chi connectivity index (χ1) is 11.7. The van der Waals surface area contributed by atoms with Crippen molar-refractivity contribution in [3.05, 3.63) is 23.8 Å². The van der Waals surface area contributed by atoms with E-state index in [2.05, 4.69) is 4.90 Å². The summed E-state index contributed by atoms with van der Waals surface area (Å²) in [6, 6.07) is 5.71. The van der Waals surface area contributed by atoms with Gasteiger partial charge in [0.05, 0.1) is 13.7 Å². The number of phenolic OH excluding ortho intramolecular Hbond substituents is 1. The zero-order chi connectivity index (χ0) is 16.9. The minimum atomic E-state index is 0.134. The van der Waals surface area contributed by atoms with Crippen molar-refractivity contribution in [2.24, 2.45) is 0 Å². The highest BCUT2D eigenvalue weighted by Crippen LogP contribution is 2.31. The van der Waals surface area contributed by atoms with Crippen molar-refractivity contribution in [1.82, 2.24) is 9.80 Å². The molecular weight excluding hydrogens is 304 g/mol. The molecule has 1 aromatic rings. The number of ether oxygens (including phenoxy) is 1. The third kappa shape index (κ3) is 4.41. The molecule has 3 rings (SSSR count). The van der Waals surface area contributed by atoms with Gasteiger partial charge in [-0.1, -0.05) is 18.9 Å². The molecule has 1 saturated carbocycles. The molecule has 0 aromatic heterocycles. The molecule has 1 aliphatic heterocycles. The Morgan fingerprint density at radius 1 is 1.25 bits per heavy atom.